The quantitative estimate of drug-likeness (QED) is 0.267. The third-order valence-electron chi connectivity index (χ3n) is 7.46. The van der Waals surface area contributed by atoms with Crippen molar-refractivity contribution in [2.75, 3.05) is 19.6 Å². The largest absolute Gasteiger partial charge is 0.508 e. The van der Waals surface area contributed by atoms with E-state index < -0.39 is 16.9 Å². The van der Waals surface area contributed by atoms with Crippen LogP contribution in [0.4, 0.5) is 0 Å². The van der Waals surface area contributed by atoms with Gasteiger partial charge < -0.3 is 20.2 Å². The number of alkyl halides is 1. The van der Waals surface area contributed by atoms with E-state index in [1.807, 2.05) is 30.3 Å². The maximum atomic E-state index is 10.8. The number of carboxylic acid groups (broad SMARTS) is 1. The number of aliphatic carboxylic acids is 1. The first-order valence-corrected chi connectivity index (χ1v) is 13.8. The molecular weight excluding hydrogens is 498 g/mol. The number of hydrogen-bond acceptors (Lipinski definition) is 4. The summed E-state index contributed by atoms with van der Waals surface area (Å²) in [6, 6.07) is 27.6. The van der Waals surface area contributed by atoms with E-state index >= 15 is 0 Å². The van der Waals surface area contributed by atoms with E-state index in [9.17, 15) is 15.0 Å². The van der Waals surface area contributed by atoms with E-state index in [2.05, 4.69) is 47.4 Å². The molecule has 6 heteroatoms. The van der Waals surface area contributed by atoms with Crippen molar-refractivity contribution in [1.29, 1.82) is 0 Å². The molecule has 3 aromatic carbocycles. The molecule has 1 fully saturated rings. The Morgan fingerprint density at radius 3 is 1.97 bits per heavy atom. The van der Waals surface area contributed by atoms with Crippen LogP contribution in [-0.4, -0.2) is 51.4 Å². The average Bonchev–Trinajstić information content (AvgIpc) is 2.92. The summed E-state index contributed by atoms with van der Waals surface area (Å²) in [5.74, 6) is 0.478. The molecule has 4 rings (SSSR count). The van der Waals surface area contributed by atoms with Gasteiger partial charge in [-0.25, -0.2) is 0 Å². The number of hydrogen-bond donors (Lipinski definition) is 3. The van der Waals surface area contributed by atoms with Crippen LogP contribution in [0.2, 0.25) is 0 Å². The van der Waals surface area contributed by atoms with Gasteiger partial charge in [-0.05, 0) is 93.9 Å². The summed E-state index contributed by atoms with van der Waals surface area (Å²) in [6.45, 7) is 6.58. The van der Waals surface area contributed by atoms with Crippen molar-refractivity contribution in [2.45, 2.75) is 56.4 Å². The second kappa shape index (κ2) is 14.3. The summed E-state index contributed by atoms with van der Waals surface area (Å²) < 4.78 is 0. The predicted molar refractivity (Wildman–Crippen MR) is 154 cm³/mol. The van der Waals surface area contributed by atoms with Gasteiger partial charge in [-0.15, -0.1) is 0 Å². The van der Waals surface area contributed by atoms with Gasteiger partial charge >= 0.3 is 5.97 Å². The highest BCUT2D eigenvalue weighted by Crippen LogP contribution is 2.38. The number of aromatic hydroxyl groups is 1. The Morgan fingerprint density at radius 2 is 1.45 bits per heavy atom. The standard InChI is InChI=1S/C22H28ClNO2.C10H12O2/c23-21(26)7-4-14-24-15-12-19(13-16-24)22(17-5-2-1-3-6-17)18-8-10-20(25)11-9-18;1-10(2,9(11)12)8-6-4-3-5-7-8/h1-3,5-6,8-11,19,21-22,25-26H,4,7,12-16H2;3-7H,1-2H3,(H,11,12). The number of aliphatic hydroxyl groups is 1. The summed E-state index contributed by atoms with van der Waals surface area (Å²) in [5.41, 5.74) is 1.95. The molecule has 1 aliphatic rings. The maximum Gasteiger partial charge on any atom is 0.313 e. The van der Waals surface area contributed by atoms with Crippen LogP contribution in [0.5, 0.6) is 5.75 Å². The third kappa shape index (κ3) is 8.59. The molecule has 0 amide bonds. The van der Waals surface area contributed by atoms with Crippen molar-refractivity contribution >= 4 is 17.6 Å². The Balaban J connectivity index is 0.000000279. The molecule has 5 nitrogen and oxygen atoms in total. The number of nitrogens with zero attached hydrogens (tertiary/aromatic N) is 1. The molecule has 1 heterocycles. The third-order valence-corrected chi connectivity index (χ3v) is 7.68. The van der Waals surface area contributed by atoms with Gasteiger partial charge in [-0.3, -0.25) is 4.79 Å². The number of likely N-dealkylation sites (tertiary alicyclic amines) is 1. The average molecular weight is 538 g/mol. The highest BCUT2D eigenvalue weighted by molar-refractivity contribution is 6.19. The van der Waals surface area contributed by atoms with Crippen LogP contribution in [-0.2, 0) is 10.2 Å². The zero-order chi connectivity index (χ0) is 27.5. The van der Waals surface area contributed by atoms with Gasteiger partial charge in [0.05, 0.1) is 5.41 Å². The number of carboxylic acids is 1. The van der Waals surface area contributed by atoms with Crippen molar-refractivity contribution in [2.24, 2.45) is 5.92 Å². The number of carbonyl (C=O) groups is 1. The number of aliphatic hydroxyl groups excluding tert-OH is 1. The van der Waals surface area contributed by atoms with Crippen LogP contribution in [0.3, 0.4) is 0 Å². The van der Waals surface area contributed by atoms with Gasteiger partial charge in [0.25, 0.3) is 0 Å². The van der Waals surface area contributed by atoms with Gasteiger partial charge in [0, 0.05) is 5.92 Å². The van der Waals surface area contributed by atoms with E-state index in [1.165, 1.54) is 11.1 Å². The molecule has 1 saturated heterocycles. The van der Waals surface area contributed by atoms with Crippen LogP contribution in [0.15, 0.2) is 84.9 Å². The summed E-state index contributed by atoms with van der Waals surface area (Å²) in [7, 11) is 0. The summed E-state index contributed by atoms with van der Waals surface area (Å²) >= 11 is 5.63. The molecule has 3 aromatic rings. The minimum absolute atomic E-state index is 0.317. The molecule has 0 bridgehead atoms. The van der Waals surface area contributed by atoms with Crippen molar-refractivity contribution in [1.82, 2.24) is 4.90 Å². The SMILES string of the molecule is CC(C)(C(=O)O)c1ccccc1.Oc1ccc(C(c2ccccc2)C2CCN(CCCC(O)Cl)CC2)cc1. The number of phenolic OH excluding ortho intramolecular Hbond substituents is 1. The van der Waals surface area contributed by atoms with Gasteiger partial charge in [-0.1, -0.05) is 84.4 Å². The molecule has 204 valence electrons. The predicted octanol–water partition coefficient (Wildman–Crippen LogP) is 6.62. The number of rotatable bonds is 9. The monoisotopic (exact) mass is 537 g/mol. The first-order valence-electron chi connectivity index (χ1n) is 13.4. The maximum absolute atomic E-state index is 10.8. The van der Waals surface area contributed by atoms with E-state index in [0.29, 0.717) is 24.0 Å². The van der Waals surface area contributed by atoms with Gasteiger partial charge in [0.1, 0.15) is 11.3 Å². The van der Waals surface area contributed by atoms with E-state index in [4.69, 9.17) is 16.7 Å². The Labute approximate surface area is 231 Å². The minimum atomic E-state index is -0.797. The van der Waals surface area contributed by atoms with E-state index in [1.54, 1.807) is 26.0 Å². The lowest BCUT2D eigenvalue weighted by molar-refractivity contribution is -0.142. The van der Waals surface area contributed by atoms with Crippen LogP contribution in [0.1, 0.15) is 62.1 Å². The highest BCUT2D eigenvalue weighted by atomic mass is 35.5. The first-order chi connectivity index (χ1) is 18.2. The Morgan fingerprint density at radius 1 is 0.921 bits per heavy atom. The molecule has 3 N–H and O–H groups in total. The molecule has 1 aliphatic heterocycles. The second-order valence-electron chi connectivity index (χ2n) is 10.5. The van der Waals surface area contributed by atoms with Gasteiger partial charge in [0.2, 0.25) is 0 Å². The number of piperidine rings is 1. The van der Waals surface area contributed by atoms with Crippen molar-refractivity contribution in [3.05, 3.63) is 102 Å². The molecule has 0 saturated carbocycles. The summed E-state index contributed by atoms with van der Waals surface area (Å²) in [6.07, 6.45) is 3.91. The smallest absolute Gasteiger partial charge is 0.313 e. The summed E-state index contributed by atoms with van der Waals surface area (Å²) in [5, 5.41) is 27.7. The lowest BCUT2D eigenvalue weighted by Gasteiger charge is -2.36. The number of phenols is 1. The lowest BCUT2D eigenvalue weighted by atomic mass is 9.76. The highest BCUT2D eigenvalue weighted by Gasteiger charge is 2.29. The fourth-order valence-electron chi connectivity index (χ4n) is 5.05. The van der Waals surface area contributed by atoms with Gasteiger partial charge in [0.15, 0.2) is 0 Å². The normalized spacial score (nSPS) is 16.2. The van der Waals surface area contributed by atoms with Crippen LogP contribution in [0, 0.1) is 5.92 Å². The van der Waals surface area contributed by atoms with Crippen molar-refractivity contribution in [3.63, 3.8) is 0 Å². The molecule has 2 unspecified atom stereocenters. The summed E-state index contributed by atoms with van der Waals surface area (Å²) in [4.78, 5) is 13.3. The van der Waals surface area contributed by atoms with Gasteiger partial charge in [-0.2, -0.15) is 0 Å². The molecule has 2 atom stereocenters. The minimum Gasteiger partial charge on any atom is -0.508 e. The topological polar surface area (TPSA) is 81.0 Å². The fraction of sp³-hybridized carbons (Fsp3) is 0.406. The fourth-order valence-corrected chi connectivity index (χ4v) is 5.20. The van der Waals surface area contributed by atoms with Crippen molar-refractivity contribution in [3.8, 4) is 5.75 Å². The number of benzene rings is 3. The Hall–Kier alpha value is -2.86. The molecule has 0 aliphatic carbocycles. The Kier molecular flexibility index (Phi) is 11.2. The number of halogens is 1. The van der Waals surface area contributed by atoms with Crippen molar-refractivity contribution < 1.29 is 20.1 Å². The van der Waals surface area contributed by atoms with E-state index in [-0.39, 0.29) is 0 Å². The zero-order valence-corrected chi connectivity index (χ0v) is 23.1. The Bertz CT molecular complexity index is 1100. The van der Waals surface area contributed by atoms with Crippen LogP contribution < -0.4 is 0 Å². The second-order valence-corrected chi connectivity index (χ2v) is 11.0. The molecule has 38 heavy (non-hydrogen) atoms. The molecule has 0 aromatic heterocycles. The van der Waals surface area contributed by atoms with E-state index in [0.717, 1.165) is 44.5 Å². The van der Waals surface area contributed by atoms with Crippen LogP contribution >= 0.6 is 11.6 Å². The zero-order valence-electron chi connectivity index (χ0n) is 22.3. The van der Waals surface area contributed by atoms with Crippen LogP contribution in [0.25, 0.3) is 0 Å². The molecule has 0 radical (unpaired) electrons. The first kappa shape index (κ1) is 29.7. The molecule has 0 spiro atoms. The molecular formula is C32H40ClNO4. The lowest BCUT2D eigenvalue weighted by Crippen LogP contribution is -2.36.